The van der Waals surface area contributed by atoms with E-state index in [-0.39, 0.29) is 135 Å². The Morgan fingerprint density at radius 1 is 1.14 bits per heavy atom. The summed E-state index contributed by atoms with van der Waals surface area (Å²) in [6, 6.07) is 11.1. The number of nitrogen functional groups attached to an aromatic ring is 1. The van der Waals surface area contributed by atoms with Crippen LogP contribution >= 0.6 is 80.5 Å². The Kier molecular flexibility index (Phi) is 33.9. The van der Waals surface area contributed by atoms with Crippen molar-refractivity contribution in [3.8, 4) is 0 Å². The number of thiazole rings is 1. The number of nitrogens with one attached hydrogen (secondary N) is 1. The average molecular weight is 901 g/mol. The molecule has 0 radical (unpaired) electrons. The number of ketones is 1. The summed E-state index contributed by atoms with van der Waals surface area (Å²) in [6.07, 6.45) is 0.322. The van der Waals surface area contributed by atoms with Gasteiger partial charge in [0.05, 0.1) is 16.6 Å². The van der Waals surface area contributed by atoms with Gasteiger partial charge in [0.25, 0.3) is 5.91 Å². The smallest absolute Gasteiger partial charge is 0.782 e. The van der Waals surface area contributed by atoms with Gasteiger partial charge in [-0.15, -0.1) is 27.9 Å². The van der Waals surface area contributed by atoms with Gasteiger partial charge in [-0.1, -0.05) is 89.6 Å². The molecule has 3 N–H and O–H groups in total. The fourth-order valence-corrected chi connectivity index (χ4v) is 5.28. The van der Waals surface area contributed by atoms with Crippen LogP contribution in [0.15, 0.2) is 45.8 Å². The van der Waals surface area contributed by atoms with E-state index in [2.05, 4.69) is 75.1 Å². The van der Waals surface area contributed by atoms with Crippen LogP contribution in [0.1, 0.15) is 44.5 Å². The van der Waals surface area contributed by atoms with Gasteiger partial charge < -0.3 is 36.3 Å². The molecule has 0 saturated carbocycles. The molecule has 17 heteroatoms. The van der Waals surface area contributed by atoms with E-state index in [1.54, 1.807) is 23.9 Å². The number of nitrogens with two attached hydrogens (primary N) is 1. The van der Waals surface area contributed by atoms with E-state index in [9.17, 15) is 9.59 Å². The van der Waals surface area contributed by atoms with Gasteiger partial charge in [0, 0.05) is 20.8 Å². The summed E-state index contributed by atoms with van der Waals surface area (Å²) in [7, 11) is 0. The van der Waals surface area contributed by atoms with E-state index in [1.165, 1.54) is 15.8 Å². The van der Waals surface area contributed by atoms with Gasteiger partial charge in [-0.3, -0.25) is 9.59 Å². The number of alkyl halides is 2. The first kappa shape index (κ1) is 50.2. The Morgan fingerprint density at radius 2 is 1.68 bits per heavy atom. The predicted molar refractivity (Wildman–Crippen MR) is 202 cm³/mol. The molecule has 0 atom stereocenters. The summed E-state index contributed by atoms with van der Waals surface area (Å²) in [5.74, 6) is 0.898. The topological polar surface area (TPSA) is 102 Å². The molecule has 0 aliphatic carbocycles. The molecule has 0 saturated heterocycles. The molecule has 3 rings (SSSR count). The summed E-state index contributed by atoms with van der Waals surface area (Å²) in [6.45, 7) is 14.1. The third-order valence-electron chi connectivity index (χ3n) is 4.36. The Balaban J connectivity index is -0.000000136. The quantitative estimate of drug-likeness (QED) is 0.0432. The van der Waals surface area contributed by atoms with Crippen molar-refractivity contribution in [3.63, 3.8) is 0 Å². The molecule has 0 bridgehead atoms. The number of carbonyl (C=O) groups is 2. The van der Waals surface area contributed by atoms with Crippen molar-refractivity contribution in [2.45, 2.75) is 38.5 Å². The second-order valence-electron chi connectivity index (χ2n) is 7.74. The summed E-state index contributed by atoms with van der Waals surface area (Å²) in [4.78, 5) is 30.4. The second-order valence-corrected chi connectivity index (χ2v) is 13.9. The molecule has 44 heavy (non-hydrogen) atoms. The Hall–Kier alpha value is 1.83. The number of anilines is 2. The number of thioether (sulfide) groups is 1. The maximum atomic E-state index is 12.2. The van der Waals surface area contributed by atoms with Crippen molar-refractivity contribution >= 4 is 133 Å². The summed E-state index contributed by atoms with van der Waals surface area (Å²) in [5, 5.41) is 6.86. The van der Waals surface area contributed by atoms with E-state index in [4.69, 9.17) is 47.1 Å². The Labute approximate surface area is 397 Å². The number of amides is 1. The first-order valence-corrected chi connectivity index (χ1v) is 17.4. The van der Waals surface area contributed by atoms with Gasteiger partial charge in [0.2, 0.25) is 0 Å². The zero-order valence-corrected chi connectivity index (χ0v) is 39.1. The molecule has 2 aromatic carbocycles. The SMILES string of the molecule is CCI.CCSc1nc(N)c(C(=O)Nc2ccc(C)cc2Cl)s1.Cc1ccc(CC(=O)CCl)c(Cl)c1.[C-]#[N+]N=C([S-])[S-].[HH].[HH].[HH].[K+].[K+]. The summed E-state index contributed by atoms with van der Waals surface area (Å²) in [5.41, 5.74) is 9.32. The van der Waals surface area contributed by atoms with E-state index in [0.717, 1.165) is 26.8 Å². The molecule has 0 spiro atoms. The number of halogens is 4. The molecular formula is C27H35Cl3IK2N5O2S4. The third kappa shape index (κ3) is 22.5. The van der Waals surface area contributed by atoms with Crippen LogP contribution in [0.3, 0.4) is 0 Å². The molecule has 1 aromatic heterocycles. The van der Waals surface area contributed by atoms with Crippen LogP contribution in [-0.4, -0.2) is 37.1 Å². The number of benzene rings is 2. The second kappa shape index (κ2) is 29.7. The molecule has 0 unspecified atom stereocenters. The van der Waals surface area contributed by atoms with Gasteiger partial charge in [-0.2, -0.15) is 10.9 Å². The minimum atomic E-state index is -0.284. The van der Waals surface area contributed by atoms with Crippen LogP contribution in [0, 0.1) is 20.4 Å². The average Bonchev–Trinajstić information content (AvgIpc) is 3.28. The van der Waals surface area contributed by atoms with Crippen molar-refractivity contribution in [2.24, 2.45) is 5.10 Å². The molecule has 1 amide bonds. The molecule has 7 nitrogen and oxygen atoms in total. The van der Waals surface area contributed by atoms with Crippen LogP contribution < -0.4 is 114 Å². The van der Waals surface area contributed by atoms with Crippen molar-refractivity contribution in [3.05, 3.63) is 79.5 Å². The van der Waals surface area contributed by atoms with Crippen molar-refractivity contribution in [1.29, 1.82) is 0 Å². The van der Waals surface area contributed by atoms with E-state index in [1.807, 2.05) is 45.0 Å². The molecule has 234 valence electrons. The van der Waals surface area contributed by atoms with Crippen LogP contribution in [0.4, 0.5) is 11.5 Å². The molecule has 0 fully saturated rings. The Morgan fingerprint density at radius 3 is 2.11 bits per heavy atom. The number of hydrogen-bond acceptors (Lipinski definition) is 9. The van der Waals surface area contributed by atoms with E-state index in [0.29, 0.717) is 27.0 Å². The van der Waals surface area contributed by atoms with Crippen molar-refractivity contribution < 1.29 is 117 Å². The van der Waals surface area contributed by atoms with Crippen molar-refractivity contribution in [2.75, 3.05) is 27.1 Å². The number of nitrogens with zero attached hydrogens (tertiary/aromatic N) is 3. The van der Waals surface area contributed by atoms with E-state index >= 15 is 0 Å². The predicted octanol–water partition coefficient (Wildman–Crippen LogP) is 3.51. The number of Topliss-reactive ketones (excluding diaryl/α,β-unsaturated/α-hetero) is 1. The molecule has 1 heterocycles. The zero-order chi connectivity index (χ0) is 32.2. The largest absolute Gasteiger partial charge is 1.00 e. The van der Waals surface area contributed by atoms with E-state index < -0.39 is 0 Å². The number of aromatic nitrogens is 1. The first-order valence-electron chi connectivity index (χ1n) is 12.0. The standard InChI is InChI=1S/C13H14ClN3OS2.C10H10Cl2O.C2H5I.C2H2N2S2.2K.3H2/c1-3-19-13-17-11(15)10(20-13)12(18)16-9-5-4-7(2)6-8(9)14;1-7-2-3-8(10(12)4-7)5-9(13)6-11;1-2-3;1-3-4-2(5)6;;;;;/h4-6H,3,15H2,1-2H3,(H,16,18);2-4H,5-6H2,1H3;2H2,1H3;(H2,4,5,6);;;3*1H/q;;;;2*+1;;;/p-2. The first-order chi connectivity index (χ1) is 19.8. The monoisotopic (exact) mass is 899 g/mol. The van der Waals surface area contributed by atoms with Gasteiger partial charge in [0.1, 0.15) is 10.7 Å². The van der Waals surface area contributed by atoms with Gasteiger partial charge in [0.15, 0.2) is 10.1 Å². The van der Waals surface area contributed by atoms with Gasteiger partial charge in [-0.25, -0.2) is 4.98 Å². The fraction of sp³-hybridized carbons (Fsp3) is 0.296. The summed E-state index contributed by atoms with van der Waals surface area (Å²) < 4.78 is 1.99. The number of aryl methyl sites for hydroxylation is 2. The fourth-order valence-electron chi connectivity index (χ4n) is 2.66. The Bertz CT molecular complexity index is 1410. The maximum absolute atomic E-state index is 12.2. The molecular weight excluding hydrogens is 866 g/mol. The van der Waals surface area contributed by atoms with Gasteiger partial charge in [-0.05, 0) is 58.9 Å². The van der Waals surface area contributed by atoms with Crippen LogP contribution in [0.25, 0.3) is 4.95 Å². The molecule has 0 aliphatic heterocycles. The normalized spacial score (nSPS) is 8.98. The number of rotatable bonds is 7. The third-order valence-corrected chi connectivity index (χ3v) is 7.58. The van der Waals surface area contributed by atoms with Crippen LogP contribution in [-0.2, 0) is 36.5 Å². The molecule has 3 aromatic rings. The molecule has 0 aliphatic rings. The zero-order valence-electron chi connectivity index (χ0n) is 25.2. The maximum Gasteiger partial charge on any atom is 1.00 e. The van der Waals surface area contributed by atoms with Crippen LogP contribution in [0.5, 0.6) is 0 Å². The van der Waals surface area contributed by atoms with Crippen molar-refractivity contribution in [1.82, 2.24) is 4.98 Å². The number of hydrogen-bond donors (Lipinski definition) is 2. The minimum absolute atomic E-state index is 0. The summed E-state index contributed by atoms with van der Waals surface area (Å²) >= 11 is 31.0. The van der Waals surface area contributed by atoms with Gasteiger partial charge >= 0.3 is 103 Å². The minimum Gasteiger partial charge on any atom is -0.782 e. The van der Waals surface area contributed by atoms with Crippen LogP contribution in [0.2, 0.25) is 10.0 Å². The number of carbonyl (C=O) groups excluding carboxylic acids is 2.